The molecule has 0 unspecified atom stereocenters. The highest BCUT2D eigenvalue weighted by atomic mass is 17.5. The minimum atomic E-state index is -0.730. The van der Waals surface area contributed by atoms with Crippen molar-refractivity contribution in [3.05, 3.63) is 34.9 Å². The fourth-order valence-electron chi connectivity index (χ4n) is 1.47. The van der Waals surface area contributed by atoms with Gasteiger partial charge in [-0.05, 0) is 18.1 Å². The van der Waals surface area contributed by atoms with E-state index < -0.39 is 11.9 Å². The highest BCUT2D eigenvalue weighted by Crippen LogP contribution is 2.20. The average molecular weight is 208 g/mol. The van der Waals surface area contributed by atoms with Gasteiger partial charge in [-0.25, -0.2) is 9.59 Å². The Bertz CT molecular complexity index is 424. The molecule has 1 aromatic rings. The Labute approximate surface area is 85.4 Å². The number of hydrogen-bond donors (Lipinski definition) is 0. The summed E-state index contributed by atoms with van der Waals surface area (Å²) in [5.74, 6) is -1.44. The largest absolute Gasteiger partial charge is 0.378 e. The van der Waals surface area contributed by atoms with Crippen molar-refractivity contribution in [2.75, 3.05) is 0 Å². The van der Waals surface area contributed by atoms with Crippen LogP contribution in [0, 0.1) is 0 Å². The molecule has 5 heteroatoms. The van der Waals surface area contributed by atoms with Gasteiger partial charge in [-0.15, -0.1) is 0 Å². The van der Waals surface area contributed by atoms with Crippen LogP contribution in [-0.2, 0) is 21.2 Å². The molecule has 1 heterocycles. The van der Waals surface area contributed by atoms with Crippen molar-refractivity contribution in [1.29, 1.82) is 0 Å². The van der Waals surface area contributed by atoms with Crippen LogP contribution in [0.3, 0.4) is 0 Å². The lowest BCUT2D eigenvalue weighted by molar-refractivity contribution is -0.444. The molecule has 1 aliphatic heterocycles. The van der Waals surface area contributed by atoms with Gasteiger partial charge in [0.2, 0.25) is 0 Å². The molecule has 0 spiro atoms. The maximum atomic E-state index is 11.5. The monoisotopic (exact) mass is 208 g/mol. The van der Waals surface area contributed by atoms with Gasteiger partial charge in [0.25, 0.3) is 0 Å². The number of aryl methyl sites for hydroxylation is 1. The summed E-state index contributed by atoms with van der Waals surface area (Å²) in [4.78, 5) is 31.3. The molecule has 0 bridgehead atoms. The van der Waals surface area contributed by atoms with Gasteiger partial charge in [-0.2, -0.15) is 0 Å². The SMILES string of the molecule is CCc1cccc2c1C(=O)OOOC2=O. The van der Waals surface area contributed by atoms with E-state index in [1.807, 2.05) is 6.92 Å². The standard InChI is InChI=1S/C10H8O5/c1-2-6-4-3-5-7-8(6)10(12)14-15-13-9(7)11/h3-5H,2H2,1H3. The molecule has 0 saturated heterocycles. The van der Waals surface area contributed by atoms with E-state index in [1.165, 1.54) is 6.07 Å². The molecule has 0 amide bonds. The molecular formula is C10H8O5. The van der Waals surface area contributed by atoms with Gasteiger partial charge in [0.15, 0.2) is 0 Å². The molecule has 0 radical (unpaired) electrons. The first-order valence-corrected chi connectivity index (χ1v) is 4.45. The van der Waals surface area contributed by atoms with Gasteiger partial charge in [0, 0.05) is 5.04 Å². The lowest BCUT2D eigenvalue weighted by Gasteiger charge is -2.04. The topological polar surface area (TPSA) is 61.8 Å². The maximum absolute atomic E-state index is 11.5. The van der Waals surface area contributed by atoms with E-state index in [0.717, 1.165) is 5.56 Å². The highest BCUT2D eigenvalue weighted by molar-refractivity contribution is 6.04. The minimum absolute atomic E-state index is 0.164. The predicted octanol–water partition coefficient (Wildman–Crippen LogP) is 1.42. The Balaban J connectivity index is 2.63. The molecule has 0 saturated carbocycles. The van der Waals surface area contributed by atoms with E-state index in [4.69, 9.17) is 0 Å². The third kappa shape index (κ3) is 1.57. The fourth-order valence-corrected chi connectivity index (χ4v) is 1.47. The first kappa shape index (κ1) is 9.67. The molecular weight excluding hydrogens is 200 g/mol. The molecule has 0 atom stereocenters. The third-order valence-corrected chi connectivity index (χ3v) is 2.18. The van der Waals surface area contributed by atoms with Gasteiger partial charge < -0.3 is 0 Å². The number of rotatable bonds is 1. The van der Waals surface area contributed by atoms with Gasteiger partial charge in [-0.3, -0.25) is 9.78 Å². The first-order chi connectivity index (χ1) is 7.24. The van der Waals surface area contributed by atoms with E-state index in [-0.39, 0.29) is 11.1 Å². The van der Waals surface area contributed by atoms with Crippen molar-refractivity contribution in [3.63, 3.8) is 0 Å². The van der Waals surface area contributed by atoms with Crippen molar-refractivity contribution in [1.82, 2.24) is 0 Å². The fraction of sp³-hybridized carbons (Fsp3) is 0.200. The minimum Gasteiger partial charge on any atom is -0.254 e. The average Bonchev–Trinajstić information content (AvgIpc) is 2.40. The second kappa shape index (κ2) is 3.70. The molecule has 2 rings (SSSR count). The molecule has 0 aromatic heterocycles. The highest BCUT2D eigenvalue weighted by Gasteiger charge is 2.27. The maximum Gasteiger partial charge on any atom is 0.378 e. The van der Waals surface area contributed by atoms with Crippen LogP contribution < -0.4 is 0 Å². The van der Waals surface area contributed by atoms with Gasteiger partial charge in [-0.1, -0.05) is 19.1 Å². The molecule has 5 nitrogen and oxygen atoms in total. The number of hydrogen-bond acceptors (Lipinski definition) is 5. The number of carbonyl (C=O) groups is 2. The number of carbonyl (C=O) groups excluding carboxylic acids is 2. The predicted molar refractivity (Wildman–Crippen MR) is 47.7 cm³/mol. The Hall–Kier alpha value is -1.88. The zero-order valence-electron chi connectivity index (χ0n) is 7.98. The second-order valence-corrected chi connectivity index (χ2v) is 3.00. The second-order valence-electron chi connectivity index (χ2n) is 3.00. The van der Waals surface area contributed by atoms with Crippen molar-refractivity contribution < 1.29 is 24.4 Å². The third-order valence-electron chi connectivity index (χ3n) is 2.18. The zero-order chi connectivity index (χ0) is 10.8. The van der Waals surface area contributed by atoms with Crippen LogP contribution in [0.5, 0.6) is 0 Å². The van der Waals surface area contributed by atoms with Crippen molar-refractivity contribution >= 4 is 11.9 Å². The van der Waals surface area contributed by atoms with Crippen molar-refractivity contribution in [2.45, 2.75) is 13.3 Å². The summed E-state index contributed by atoms with van der Waals surface area (Å²) in [5, 5.41) is 4.00. The normalized spacial score (nSPS) is 15.0. The number of benzene rings is 1. The Morgan fingerprint density at radius 1 is 1.13 bits per heavy atom. The van der Waals surface area contributed by atoms with E-state index in [1.54, 1.807) is 12.1 Å². The van der Waals surface area contributed by atoms with Crippen LogP contribution in [0.4, 0.5) is 0 Å². The lowest BCUT2D eigenvalue weighted by Crippen LogP contribution is -2.09. The molecule has 0 fully saturated rings. The Morgan fingerprint density at radius 2 is 1.87 bits per heavy atom. The van der Waals surface area contributed by atoms with Crippen molar-refractivity contribution in [2.24, 2.45) is 0 Å². The van der Waals surface area contributed by atoms with Crippen LogP contribution in [0.15, 0.2) is 18.2 Å². The first-order valence-electron chi connectivity index (χ1n) is 4.45. The lowest BCUT2D eigenvalue weighted by atomic mass is 9.99. The molecule has 0 aliphatic carbocycles. The van der Waals surface area contributed by atoms with E-state index in [2.05, 4.69) is 14.8 Å². The van der Waals surface area contributed by atoms with Crippen molar-refractivity contribution in [3.8, 4) is 0 Å². The zero-order valence-corrected chi connectivity index (χ0v) is 7.98. The summed E-state index contributed by atoms with van der Waals surface area (Å²) in [7, 11) is 0. The Kier molecular flexibility index (Phi) is 2.39. The summed E-state index contributed by atoms with van der Waals surface area (Å²) >= 11 is 0. The summed E-state index contributed by atoms with van der Waals surface area (Å²) < 4.78 is 0. The number of fused-ring (bicyclic) bond motifs is 1. The smallest absolute Gasteiger partial charge is 0.254 e. The summed E-state index contributed by atoms with van der Waals surface area (Å²) in [6, 6.07) is 4.92. The summed E-state index contributed by atoms with van der Waals surface area (Å²) in [6.07, 6.45) is 0.617. The summed E-state index contributed by atoms with van der Waals surface area (Å²) in [5.41, 5.74) is 1.10. The van der Waals surface area contributed by atoms with E-state index in [0.29, 0.717) is 6.42 Å². The quantitative estimate of drug-likeness (QED) is 0.653. The van der Waals surface area contributed by atoms with Gasteiger partial charge in [0.1, 0.15) is 0 Å². The summed E-state index contributed by atoms with van der Waals surface area (Å²) in [6.45, 7) is 1.87. The van der Waals surface area contributed by atoms with E-state index >= 15 is 0 Å². The van der Waals surface area contributed by atoms with Gasteiger partial charge in [0.05, 0.1) is 11.1 Å². The van der Waals surface area contributed by atoms with Crippen LogP contribution >= 0.6 is 0 Å². The molecule has 15 heavy (non-hydrogen) atoms. The van der Waals surface area contributed by atoms with Crippen LogP contribution in [0.25, 0.3) is 0 Å². The molecule has 1 aromatic carbocycles. The van der Waals surface area contributed by atoms with Crippen LogP contribution in [0.2, 0.25) is 0 Å². The van der Waals surface area contributed by atoms with Crippen LogP contribution in [0.1, 0.15) is 33.2 Å². The van der Waals surface area contributed by atoms with E-state index in [9.17, 15) is 9.59 Å². The Morgan fingerprint density at radius 3 is 2.60 bits per heavy atom. The van der Waals surface area contributed by atoms with Crippen LogP contribution in [-0.4, -0.2) is 11.9 Å². The van der Waals surface area contributed by atoms with Gasteiger partial charge >= 0.3 is 11.9 Å². The molecule has 1 aliphatic rings. The molecule has 78 valence electrons. The molecule has 0 N–H and O–H groups in total.